The SMILES string of the molecule is CC1CCC(Nc2ccc(-n3nccn3)cc2)C1. The van der Waals surface area contributed by atoms with E-state index in [1.54, 1.807) is 17.2 Å². The molecule has 1 aliphatic rings. The average Bonchev–Trinajstić information content (AvgIpc) is 3.02. The molecule has 0 aliphatic heterocycles. The molecule has 1 aromatic carbocycles. The van der Waals surface area contributed by atoms with E-state index in [-0.39, 0.29) is 0 Å². The minimum Gasteiger partial charge on any atom is -0.382 e. The van der Waals surface area contributed by atoms with E-state index in [0.717, 1.165) is 11.6 Å². The smallest absolute Gasteiger partial charge is 0.0858 e. The Balaban J connectivity index is 1.68. The number of rotatable bonds is 3. The molecule has 2 aromatic rings. The molecule has 0 saturated heterocycles. The third-order valence-electron chi connectivity index (χ3n) is 3.58. The van der Waals surface area contributed by atoms with Crippen LogP contribution in [0, 0.1) is 5.92 Å². The number of nitrogens with one attached hydrogen (secondary N) is 1. The highest BCUT2D eigenvalue weighted by Gasteiger charge is 2.20. The van der Waals surface area contributed by atoms with Crippen LogP contribution >= 0.6 is 0 Å². The first kappa shape index (κ1) is 11.3. The molecule has 4 nitrogen and oxygen atoms in total. The van der Waals surface area contributed by atoms with Gasteiger partial charge >= 0.3 is 0 Å². The molecule has 1 aliphatic carbocycles. The van der Waals surface area contributed by atoms with Crippen molar-refractivity contribution in [3.63, 3.8) is 0 Å². The summed E-state index contributed by atoms with van der Waals surface area (Å²) in [7, 11) is 0. The van der Waals surface area contributed by atoms with Crippen molar-refractivity contribution in [2.75, 3.05) is 5.32 Å². The standard InChI is InChI=1S/C14H18N4/c1-11-2-3-13(10-11)17-12-4-6-14(7-5-12)18-15-8-9-16-18/h4-9,11,13,17H,2-3,10H2,1H3. The minimum atomic E-state index is 0.633. The molecule has 1 fully saturated rings. The fourth-order valence-corrected chi connectivity index (χ4v) is 2.61. The van der Waals surface area contributed by atoms with Crippen molar-refractivity contribution in [1.29, 1.82) is 0 Å². The van der Waals surface area contributed by atoms with Gasteiger partial charge in [0.2, 0.25) is 0 Å². The third-order valence-corrected chi connectivity index (χ3v) is 3.58. The number of anilines is 1. The van der Waals surface area contributed by atoms with E-state index >= 15 is 0 Å². The summed E-state index contributed by atoms with van der Waals surface area (Å²) in [6, 6.07) is 8.92. The summed E-state index contributed by atoms with van der Waals surface area (Å²) >= 11 is 0. The van der Waals surface area contributed by atoms with Gasteiger partial charge in [-0.2, -0.15) is 15.0 Å². The monoisotopic (exact) mass is 242 g/mol. The van der Waals surface area contributed by atoms with E-state index in [9.17, 15) is 0 Å². The maximum absolute atomic E-state index is 4.11. The van der Waals surface area contributed by atoms with E-state index in [2.05, 4.69) is 34.6 Å². The zero-order valence-corrected chi connectivity index (χ0v) is 10.6. The molecule has 2 unspecified atom stereocenters. The minimum absolute atomic E-state index is 0.633. The van der Waals surface area contributed by atoms with E-state index in [4.69, 9.17) is 0 Å². The molecule has 0 spiro atoms. The lowest BCUT2D eigenvalue weighted by atomic mass is 10.1. The predicted octanol–water partition coefficient (Wildman–Crippen LogP) is 2.87. The first-order valence-corrected chi connectivity index (χ1v) is 6.54. The summed E-state index contributed by atoms with van der Waals surface area (Å²) in [5.41, 5.74) is 2.18. The van der Waals surface area contributed by atoms with E-state index in [1.807, 2.05) is 12.1 Å². The van der Waals surface area contributed by atoms with Gasteiger partial charge in [-0.05, 0) is 49.4 Å². The molecule has 0 amide bonds. The Hall–Kier alpha value is -1.84. The first-order valence-electron chi connectivity index (χ1n) is 6.54. The van der Waals surface area contributed by atoms with Gasteiger partial charge in [-0.1, -0.05) is 6.92 Å². The summed E-state index contributed by atoms with van der Waals surface area (Å²) in [6.45, 7) is 2.33. The summed E-state index contributed by atoms with van der Waals surface area (Å²) in [4.78, 5) is 1.63. The molecule has 0 bridgehead atoms. The van der Waals surface area contributed by atoms with Crippen molar-refractivity contribution < 1.29 is 0 Å². The molecule has 2 atom stereocenters. The molecule has 1 N–H and O–H groups in total. The maximum atomic E-state index is 4.11. The topological polar surface area (TPSA) is 42.7 Å². The molecule has 4 heteroatoms. The van der Waals surface area contributed by atoms with Gasteiger partial charge in [-0.25, -0.2) is 0 Å². The van der Waals surface area contributed by atoms with Crippen LogP contribution in [0.15, 0.2) is 36.7 Å². The highest BCUT2D eigenvalue weighted by Crippen LogP contribution is 2.27. The number of nitrogens with zero attached hydrogens (tertiary/aromatic N) is 3. The lowest BCUT2D eigenvalue weighted by molar-refractivity contribution is 0.602. The van der Waals surface area contributed by atoms with Crippen LogP contribution < -0.4 is 5.32 Å². The van der Waals surface area contributed by atoms with Crippen LogP contribution in [0.4, 0.5) is 5.69 Å². The summed E-state index contributed by atoms with van der Waals surface area (Å²) < 4.78 is 0. The van der Waals surface area contributed by atoms with Gasteiger partial charge in [0.05, 0.1) is 18.1 Å². The summed E-state index contributed by atoms with van der Waals surface area (Å²) in [5.74, 6) is 0.857. The van der Waals surface area contributed by atoms with Crippen molar-refractivity contribution in [2.45, 2.75) is 32.2 Å². The second-order valence-corrected chi connectivity index (χ2v) is 5.12. The zero-order valence-electron chi connectivity index (χ0n) is 10.6. The fraction of sp³-hybridized carbons (Fsp3) is 0.429. The Kier molecular flexibility index (Phi) is 3.00. The largest absolute Gasteiger partial charge is 0.382 e. The number of benzene rings is 1. The van der Waals surface area contributed by atoms with Gasteiger partial charge in [0.25, 0.3) is 0 Å². The second kappa shape index (κ2) is 4.80. The van der Waals surface area contributed by atoms with Crippen LogP contribution in [0.5, 0.6) is 0 Å². The molecule has 94 valence electrons. The number of hydrogen-bond donors (Lipinski definition) is 1. The first-order chi connectivity index (χ1) is 8.81. The highest BCUT2D eigenvalue weighted by molar-refractivity contribution is 5.48. The van der Waals surface area contributed by atoms with Crippen LogP contribution in [0.3, 0.4) is 0 Å². The van der Waals surface area contributed by atoms with Gasteiger partial charge < -0.3 is 5.32 Å². The van der Waals surface area contributed by atoms with Gasteiger partial charge in [0, 0.05) is 11.7 Å². The Morgan fingerprint density at radius 3 is 2.44 bits per heavy atom. The second-order valence-electron chi connectivity index (χ2n) is 5.12. The maximum Gasteiger partial charge on any atom is 0.0858 e. The van der Waals surface area contributed by atoms with Gasteiger partial charge in [0.1, 0.15) is 0 Å². The predicted molar refractivity (Wildman–Crippen MR) is 71.8 cm³/mol. The molecule has 1 saturated carbocycles. The quantitative estimate of drug-likeness (QED) is 0.900. The van der Waals surface area contributed by atoms with E-state index < -0.39 is 0 Å². The van der Waals surface area contributed by atoms with Crippen molar-refractivity contribution >= 4 is 5.69 Å². The summed E-state index contributed by atoms with van der Waals surface area (Å²) in [6.07, 6.45) is 7.28. The van der Waals surface area contributed by atoms with Crippen molar-refractivity contribution in [3.05, 3.63) is 36.7 Å². The van der Waals surface area contributed by atoms with Crippen LogP contribution in [-0.2, 0) is 0 Å². The third kappa shape index (κ3) is 2.37. The Labute approximate surface area is 107 Å². The van der Waals surface area contributed by atoms with Gasteiger partial charge in [-0.3, -0.25) is 0 Å². The molecule has 0 radical (unpaired) electrons. The number of hydrogen-bond acceptors (Lipinski definition) is 3. The van der Waals surface area contributed by atoms with Crippen LogP contribution in [0.2, 0.25) is 0 Å². The normalized spacial score (nSPS) is 23.2. The number of aromatic nitrogens is 3. The van der Waals surface area contributed by atoms with Gasteiger partial charge in [0.15, 0.2) is 0 Å². The molecule has 18 heavy (non-hydrogen) atoms. The van der Waals surface area contributed by atoms with Crippen molar-refractivity contribution in [2.24, 2.45) is 5.92 Å². The molecular weight excluding hydrogens is 224 g/mol. The Morgan fingerprint density at radius 1 is 1.11 bits per heavy atom. The molecule has 1 heterocycles. The fourth-order valence-electron chi connectivity index (χ4n) is 2.61. The van der Waals surface area contributed by atoms with Crippen molar-refractivity contribution in [3.8, 4) is 5.69 Å². The Morgan fingerprint density at radius 2 is 1.83 bits per heavy atom. The van der Waals surface area contributed by atoms with Crippen LogP contribution in [0.1, 0.15) is 26.2 Å². The molecule has 1 aromatic heterocycles. The Bertz CT molecular complexity index is 489. The lowest BCUT2D eigenvalue weighted by Crippen LogP contribution is -2.15. The summed E-state index contributed by atoms with van der Waals surface area (Å²) in [5, 5.41) is 11.8. The molecular formula is C14H18N4. The van der Waals surface area contributed by atoms with Crippen molar-refractivity contribution in [1.82, 2.24) is 15.0 Å². The highest BCUT2D eigenvalue weighted by atomic mass is 15.5. The average molecular weight is 242 g/mol. The zero-order chi connectivity index (χ0) is 12.4. The van der Waals surface area contributed by atoms with Gasteiger partial charge in [-0.15, -0.1) is 0 Å². The van der Waals surface area contributed by atoms with E-state index in [1.165, 1.54) is 24.9 Å². The lowest BCUT2D eigenvalue weighted by Gasteiger charge is -2.14. The van der Waals surface area contributed by atoms with E-state index in [0.29, 0.717) is 6.04 Å². The van der Waals surface area contributed by atoms with Crippen LogP contribution in [0.25, 0.3) is 5.69 Å². The molecule has 3 rings (SSSR count). The van der Waals surface area contributed by atoms with Crippen LogP contribution in [-0.4, -0.2) is 21.0 Å².